The maximum atomic E-state index is 12.6. The van der Waals surface area contributed by atoms with Crippen LogP contribution in [0.2, 0.25) is 0 Å². The predicted molar refractivity (Wildman–Crippen MR) is 104 cm³/mol. The Kier molecular flexibility index (Phi) is 6.22. The van der Waals surface area contributed by atoms with Crippen molar-refractivity contribution in [2.45, 2.75) is 19.9 Å². The highest BCUT2D eigenvalue weighted by atomic mass is 32.2. The second-order valence-electron chi connectivity index (χ2n) is 6.13. The monoisotopic (exact) mass is 390 g/mol. The number of aryl methyl sites for hydroxylation is 1. The molecular formula is C19H22N2O5S. The molecule has 1 atom stereocenters. The first-order valence-electron chi connectivity index (χ1n) is 8.19. The highest BCUT2D eigenvalue weighted by Gasteiger charge is 2.29. The lowest BCUT2D eigenvalue weighted by molar-refractivity contribution is -0.116. The van der Waals surface area contributed by atoms with Gasteiger partial charge in [0, 0.05) is 5.69 Å². The summed E-state index contributed by atoms with van der Waals surface area (Å²) in [5, 5.41) is 2.67. The number of carbonyl (C=O) groups excluding carboxylic acids is 2. The summed E-state index contributed by atoms with van der Waals surface area (Å²) >= 11 is 0. The first-order valence-corrected chi connectivity index (χ1v) is 10.0. The maximum absolute atomic E-state index is 12.6. The molecule has 2 rings (SSSR count). The van der Waals surface area contributed by atoms with Crippen LogP contribution in [-0.4, -0.2) is 39.7 Å². The first-order chi connectivity index (χ1) is 12.6. The van der Waals surface area contributed by atoms with Crippen LogP contribution in [0.4, 0.5) is 11.4 Å². The standard InChI is InChI=1S/C19H22N2O5S/c1-13-6-5-7-17(12-13)21(27(4,24)25)14(2)18(22)20-16-10-8-15(9-11-16)19(23)26-3/h5-12,14H,1-4H3,(H,20,22). The lowest BCUT2D eigenvalue weighted by atomic mass is 10.2. The second kappa shape index (κ2) is 8.22. The molecule has 2 aromatic carbocycles. The van der Waals surface area contributed by atoms with E-state index in [0.717, 1.165) is 16.1 Å². The Morgan fingerprint density at radius 1 is 1.11 bits per heavy atom. The molecule has 0 heterocycles. The molecule has 0 aliphatic rings. The van der Waals surface area contributed by atoms with Crippen molar-refractivity contribution in [3.63, 3.8) is 0 Å². The maximum Gasteiger partial charge on any atom is 0.337 e. The molecule has 0 aliphatic carbocycles. The van der Waals surface area contributed by atoms with E-state index in [-0.39, 0.29) is 0 Å². The van der Waals surface area contributed by atoms with Crippen molar-refractivity contribution in [1.29, 1.82) is 0 Å². The Labute approximate surface area is 159 Å². The summed E-state index contributed by atoms with van der Waals surface area (Å²) in [5.74, 6) is -0.975. The fraction of sp³-hybridized carbons (Fsp3) is 0.263. The quantitative estimate of drug-likeness (QED) is 0.765. The normalized spacial score (nSPS) is 12.1. The van der Waals surface area contributed by atoms with Crippen LogP contribution < -0.4 is 9.62 Å². The van der Waals surface area contributed by atoms with Crippen LogP contribution in [-0.2, 0) is 19.6 Å². The fourth-order valence-electron chi connectivity index (χ4n) is 2.63. The van der Waals surface area contributed by atoms with Gasteiger partial charge in [-0.15, -0.1) is 0 Å². The van der Waals surface area contributed by atoms with Gasteiger partial charge in [-0.05, 0) is 55.8 Å². The van der Waals surface area contributed by atoms with E-state index in [0.29, 0.717) is 16.9 Å². The van der Waals surface area contributed by atoms with Gasteiger partial charge < -0.3 is 10.1 Å². The van der Waals surface area contributed by atoms with Crippen molar-refractivity contribution >= 4 is 33.3 Å². The molecular weight excluding hydrogens is 368 g/mol. The number of sulfonamides is 1. The summed E-state index contributed by atoms with van der Waals surface area (Å²) in [6, 6.07) is 12.1. The molecule has 0 saturated carbocycles. The van der Waals surface area contributed by atoms with E-state index >= 15 is 0 Å². The number of esters is 1. The summed E-state index contributed by atoms with van der Waals surface area (Å²) in [6.45, 7) is 3.36. The molecule has 0 aromatic heterocycles. The van der Waals surface area contributed by atoms with E-state index in [1.807, 2.05) is 13.0 Å². The molecule has 0 spiro atoms. The minimum Gasteiger partial charge on any atom is -0.465 e. The number of ether oxygens (including phenoxy) is 1. The summed E-state index contributed by atoms with van der Waals surface area (Å²) in [4.78, 5) is 24.1. The van der Waals surface area contributed by atoms with E-state index in [1.165, 1.54) is 26.2 Å². The number of nitrogens with one attached hydrogen (secondary N) is 1. The average Bonchev–Trinajstić information content (AvgIpc) is 2.60. The molecule has 1 N–H and O–H groups in total. The Morgan fingerprint density at radius 3 is 2.26 bits per heavy atom. The van der Waals surface area contributed by atoms with Crippen molar-refractivity contribution in [3.05, 3.63) is 59.7 Å². The summed E-state index contributed by atoms with van der Waals surface area (Å²) in [5.41, 5.74) is 2.09. The zero-order chi connectivity index (χ0) is 20.2. The highest BCUT2D eigenvalue weighted by Crippen LogP contribution is 2.22. The third kappa shape index (κ3) is 5.07. The van der Waals surface area contributed by atoms with Gasteiger partial charge in [0.2, 0.25) is 15.9 Å². The van der Waals surface area contributed by atoms with Gasteiger partial charge in [0.25, 0.3) is 0 Å². The second-order valence-corrected chi connectivity index (χ2v) is 7.99. The SMILES string of the molecule is COC(=O)c1ccc(NC(=O)C(C)N(c2cccc(C)c2)S(C)(=O)=O)cc1. The topological polar surface area (TPSA) is 92.8 Å². The van der Waals surface area contributed by atoms with E-state index in [1.54, 1.807) is 30.3 Å². The van der Waals surface area contributed by atoms with Crippen LogP contribution in [0, 0.1) is 6.92 Å². The molecule has 8 heteroatoms. The Bertz CT molecular complexity index is 939. The molecule has 0 fully saturated rings. The Morgan fingerprint density at radius 2 is 1.74 bits per heavy atom. The van der Waals surface area contributed by atoms with Crippen molar-refractivity contribution in [3.8, 4) is 0 Å². The summed E-state index contributed by atoms with van der Waals surface area (Å²) in [6.07, 6.45) is 1.06. The number of methoxy groups -OCH3 is 1. The van der Waals surface area contributed by atoms with Crippen molar-refractivity contribution in [1.82, 2.24) is 0 Å². The van der Waals surface area contributed by atoms with Crippen LogP contribution in [0.3, 0.4) is 0 Å². The van der Waals surface area contributed by atoms with Crippen LogP contribution in [0.1, 0.15) is 22.8 Å². The van der Waals surface area contributed by atoms with Gasteiger partial charge in [0.05, 0.1) is 24.6 Å². The minimum absolute atomic E-state index is 0.348. The van der Waals surface area contributed by atoms with Crippen LogP contribution in [0.5, 0.6) is 0 Å². The van der Waals surface area contributed by atoms with Gasteiger partial charge in [-0.1, -0.05) is 12.1 Å². The third-order valence-corrected chi connectivity index (χ3v) is 5.16. The number of carbonyl (C=O) groups is 2. The number of hydrogen-bond donors (Lipinski definition) is 1. The molecule has 27 heavy (non-hydrogen) atoms. The van der Waals surface area contributed by atoms with Gasteiger partial charge in [-0.2, -0.15) is 0 Å². The number of amides is 1. The van der Waals surface area contributed by atoms with Gasteiger partial charge in [-0.25, -0.2) is 13.2 Å². The molecule has 2 aromatic rings. The summed E-state index contributed by atoms with van der Waals surface area (Å²) in [7, 11) is -2.40. The molecule has 0 radical (unpaired) electrons. The Balaban J connectivity index is 2.24. The highest BCUT2D eigenvalue weighted by molar-refractivity contribution is 7.92. The van der Waals surface area contributed by atoms with E-state index in [9.17, 15) is 18.0 Å². The fourth-order valence-corrected chi connectivity index (χ4v) is 3.79. The van der Waals surface area contributed by atoms with E-state index in [4.69, 9.17) is 0 Å². The van der Waals surface area contributed by atoms with Crippen molar-refractivity contribution < 1.29 is 22.7 Å². The largest absolute Gasteiger partial charge is 0.465 e. The molecule has 0 bridgehead atoms. The minimum atomic E-state index is -3.68. The van der Waals surface area contributed by atoms with Crippen LogP contribution in [0.25, 0.3) is 0 Å². The summed E-state index contributed by atoms with van der Waals surface area (Å²) < 4.78 is 30.3. The smallest absolute Gasteiger partial charge is 0.337 e. The number of benzene rings is 2. The zero-order valence-corrected chi connectivity index (χ0v) is 16.4. The predicted octanol–water partition coefficient (Wildman–Crippen LogP) is 2.57. The number of nitrogens with zero attached hydrogens (tertiary/aromatic N) is 1. The third-order valence-electron chi connectivity index (χ3n) is 3.92. The molecule has 0 aliphatic heterocycles. The van der Waals surface area contributed by atoms with Gasteiger partial charge in [0.1, 0.15) is 6.04 Å². The number of rotatable bonds is 6. The van der Waals surface area contributed by atoms with Crippen LogP contribution in [0.15, 0.2) is 48.5 Å². The lowest BCUT2D eigenvalue weighted by Crippen LogP contribution is -2.45. The molecule has 7 nitrogen and oxygen atoms in total. The van der Waals surface area contributed by atoms with Gasteiger partial charge in [0.15, 0.2) is 0 Å². The Hall–Kier alpha value is -2.87. The first kappa shape index (κ1) is 20.4. The molecule has 1 unspecified atom stereocenters. The molecule has 1 amide bonds. The number of anilines is 2. The molecule has 0 saturated heterocycles. The molecule has 144 valence electrons. The number of hydrogen-bond acceptors (Lipinski definition) is 5. The average molecular weight is 390 g/mol. The van der Waals surface area contributed by atoms with Crippen LogP contribution >= 0.6 is 0 Å². The van der Waals surface area contributed by atoms with Crippen molar-refractivity contribution in [2.75, 3.05) is 23.0 Å². The van der Waals surface area contributed by atoms with E-state index in [2.05, 4.69) is 10.1 Å². The van der Waals surface area contributed by atoms with Crippen molar-refractivity contribution in [2.24, 2.45) is 0 Å². The van der Waals surface area contributed by atoms with E-state index < -0.39 is 27.9 Å². The zero-order valence-electron chi connectivity index (χ0n) is 15.6. The van der Waals surface area contributed by atoms with Gasteiger partial charge >= 0.3 is 5.97 Å². The lowest BCUT2D eigenvalue weighted by Gasteiger charge is -2.28. The van der Waals surface area contributed by atoms with Gasteiger partial charge in [-0.3, -0.25) is 9.10 Å².